The molecule has 0 unspecified atom stereocenters. The van der Waals surface area contributed by atoms with Gasteiger partial charge in [-0.2, -0.15) is 0 Å². The van der Waals surface area contributed by atoms with E-state index in [-0.39, 0.29) is 11.7 Å². The van der Waals surface area contributed by atoms with Gasteiger partial charge in [0, 0.05) is 13.0 Å². The Labute approximate surface area is 169 Å². The topological polar surface area (TPSA) is 54.9 Å². The molecule has 3 aromatic rings. The fraction of sp³-hybridized carbons (Fsp3) is 0.318. The van der Waals surface area contributed by atoms with Crippen LogP contribution in [0.2, 0.25) is 0 Å². The normalized spacial score (nSPS) is 11.1. The molecule has 1 N–H and O–H groups in total. The molecule has 0 radical (unpaired) electrons. The zero-order valence-corrected chi connectivity index (χ0v) is 16.9. The number of fused-ring (bicyclic) bond motifs is 1. The summed E-state index contributed by atoms with van der Waals surface area (Å²) in [7, 11) is 0. The summed E-state index contributed by atoms with van der Waals surface area (Å²) in [6, 6.07) is 14.1. The molecule has 0 atom stereocenters. The van der Waals surface area contributed by atoms with Crippen LogP contribution < -0.4 is 5.32 Å². The molecule has 4 nitrogen and oxygen atoms in total. The van der Waals surface area contributed by atoms with Crippen molar-refractivity contribution in [3.63, 3.8) is 0 Å². The van der Waals surface area contributed by atoms with Crippen LogP contribution in [0.4, 0.5) is 4.39 Å². The number of hydrogen-bond acceptors (Lipinski definition) is 4. The highest BCUT2D eigenvalue weighted by Gasteiger charge is 2.13. The third kappa shape index (κ3) is 5.76. The molecule has 28 heavy (non-hydrogen) atoms. The number of amides is 1. The van der Waals surface area contributed by atoms with E-state index in [1.54, 1.807) is 12.1 Å². The molecule has 146 valence electrons. The molecule has 1 aromatic heterocycles. The van der Waals surface area contributed by atoms with Crippen molar-refractivity contribution in [3.8, 4) is 0 Å². The monoisotopic (exact) mass is 397 g/mol. The number of rotatable bonds is 8. The first-order valence-electron chi connectivity index (χ1n) is 9.41. The average molecular weight is 398 g/mol. The predicted molar refractivity (Wildman–Crippen MR) is 112 cm³/mol. The van der Waals surface area contributed by atoms with Crippen molar-refractivity contribution in [2.75, 3.05) is 12.3 Å². The van der Waals surface area contributed by atoms with Crippen LogP contribution in [0.5, 0.6) is 0 Å². The second kappa shape index (κ2) is 9.64. The number of benzene rings is 2. The summed E-state index contributed by atoms with van der Waals surface area (Å²) in [4.78, 5) is 21.6. The minimum atomic E-state index is -0.263. The van der Waals surface area contributed by atoms with Gasteiger partial charge >= 0.3 is 0 Å². The molecular weight excluding hydrogens is 373 g/mol. The highest BCUT2D eigenvalue weighted by molar-refractivity contribution is 7.99. The lowest BCUT2D eigenvalue weighted by Crippen LogP contribution is -2.27. The van der Waals surface area contributed by atoms with Gasteiger partial charge in [0.2, 0.25) is 5.91 Å². The van der Waals surface area contributed by atoms with Crippen molar-refractivity contribution in [2.24, 2.45) is 5.92 Å². The fourth-order valence-electron chi connectivity index (χ4n) is 2.73. The van der Waals surface area contributed by atoms with Crippen LogP contribution in [-0.2, 0) is 11.2 Å². The Bertz CT molecular complexity index is 944. The van der Waals surface area contributed by atoms with E-state index in [9.17, 15) is 9.18 Å². The van der Waals surface area contributed by atoms with E-state index < -0.39 is 0 Å². The summed E-state index contributed by atoms with van der Waals surface area (Å²) >= 11 is 1.39. The molecule has 0 aliphatic carbocycles. The first kappa shape index (κ1) is 20.3. The van der Waals surface area contributed by atoms with Gasteiger partial charge in [-0.05, 0) is 42.2 Å². The first-order valence-corrected chi connectivity index (χ1v) is 10.4. The number of hydrogen-bond donors (Lipinski definition) is 1. The van der Waals surface area contributed by atoms with Crippen LogP contribution in [-0.4, -0.2) is 28.2 Å². The zero-order chi connectivity index (χ0) is 19.9. The zero-order valence-electron chi connectivity index (χ0n) is 16.1. The molecule has 0 fully saturated rings. The number of aromatic nitrogens is 2. The number of halogens is 1. The SMILES string of the molecule is CC(C)CCNC(=O)CSc1nc2ccccc2nc1Cc1ccc(F)cc1. The van der Waals surface area contributed by atoms with Crippen LogP contribution in [0, 0.1) is 11.7 Å². The Balaban J connectivity index is 1.76. The molecule has 1 heterocycles. The van der Waals surface area contributed by atoms with Crippen molar-refractivity contribution < 1.29 is 9.18 Å². The molecular formula is C22H24FN3OS. The number of para-hydroxylation sites is 2. The van der Waals surface area contributed by atoms with Crippen LogP contribution in [0.1, 0.15) is 31.5 Å². The van der Waals surface area contributed by atoms with Gasteiger partial charge in [0.05, 0.1) is 22.5 Å². The van der Waals surface area contributed by atoms with E-state index >= 15 is 0 Å². The first-order chi connectivity index (χ1) is 13.5. The smallest absolute Gasteiger partial charge is 0.230 e. The van der Waals surface area contributed by atoms with Crippen LogP contribution in [0.3, 0.4) is 0 Å². The molecule has 0 aliphatic heterocycles. The molecule has 2 aromatic carbocycles. The summed E-state index contributed by atoms with van der Waals surface area (Å²) in [5, 5.41) is 3.69. The lowest BCUT2D eigenvalue weighted by Gasteiger charge is -2.11. The number of carbonyl (C=O) groups is 1. The molecule has 0 spiro atoms. The van der Waals surface area contributed by atoms with E-state index in [1.165, 1.54) is 23.9 Å². The fourth-order valence-corrected chi connectivity index (χ4v) is 3.55. The molecule has 6 heteroatoms. The van der Waals surface area contributed by atoms with Crippen molar-refractivity contribution in [3.05, 3.63) is 65.6 Å². The molecule has 0 aliphatic rings. The summed E-state index contributed by atoms with van der Waals surface area (Å²) < 4.78 is 13.2. The van der Waals surface area contributed by atoms with Gasteiger partial charge in [-0.25, -0.2) is 14.4 Å². The highest BCUT2D eigenvalue weighted by atomic mass is 32.2. The summed E-state index contributed by atoms with van der Waals surface area (Å²) in [6.07, 6.45) is 1.50. The third-order valence-electron chi connectivity index (χ3n) is 4.27. The van der Waals surface area contributed by atoms with Gasteiger partial charge in [0.15, 0.2) is 0 Å². The van der Waals surface area contributed by atoms with E-state index in [0.717, 1.165) is 33.7 Å². The van der Waals surface area contributed by atoms with Crippen molar-refractivity contribution in [2.45, 2.75) is 31.7 Å². The van der Waals surface area contributed by atoms with Crippen LogP contribution in [0.25, 0.3) is 11.0 Å². The molecule has 1 amide bonds. The highest BCUT2D eigenvalue weighted by Crippen LogP contribution is 2.24. The van der Waals surface area contributed by atoms with Crippen molar-refractivity contribution in [1.29, 1.82) is 0 Å². The summed E-state index contributed by atoms with van der Waals surface area (Å²) in [6.45, 7) is 4.95. The molecule has 0 bridgehead atoms. The van der Waals surface area contributed by atoms with E-state index in [1.807, 2.05) is 24.3 Å². The maximum absolute atomic E-state index is 13.2. The maximum atomic E-state index is 13.2. The number of nitrogens with zero attached hydrogens (tertiary/aromatic N) is 2. The quantitative estimate of drug-likeness (QED) is 0.564. The van der Waals surface area contributed by atoms with E-state index in [0.29, 0.717) is 24.6 Å². The minimum absolute atomic E-state index is 0.00617. The second-order valence-corrected chi connectivity index (χ2v) is 8.05. The van der Waals surface area contributed by atoms with Gasteiger partial charge in [0.25, 0.3) is 0 Å². The third-order valence-corrected chi connectivity index (χ3v) is 5.28. The lowest BCUT2D eigenvalue weighted by atomic mass is 10.1. The second-order valence-electron chi connectivity index (χ2n) is 7.09. The van der Waals surface area contributed by atoms with Gasteiger partial charge in [0.1, 0.15) is 10.8 Å². The van der Waals surface area contributed by atoms with Crippen molar-refractivity contribution in [1.82, 2.24) is 15.3 Å². The summed E-state index contributed by atoms with van der Waals surface area (Å²) in [5.74, 6) is 0.581. The Morgan fingerprint density at radius 3 is 2.43 bits per heavy atom. The standard InChI is InChI=1S/C22H24FN3OS/c1-15(2)11-12-24-21(27)14-28-22-20(13-16-7-9-17(23)10-8-16)25-18-5-3-4-6-19(18)26-22/h3-10,15H,11-14H2,1-2H3,(H,24,27). The Morgan fingerprint density at radius 2 is 1.75 bits per heavy atom. The minimum Gasteiger partial charge on any atom is -0.355 e. The average Bonchev–Trinajstić information content (AvgIpc) is 2.68. The largest absolute Gasteiger partial charge is 0.355 e. The van der Waals surface area contributed by atoms with Crippen molar-refractivity contribution >= 4 is 28.7 Å². The van der Waals surface area contributed by atoms with Crippen LogP contribution in [0.15, 0.2) is 53.6 Å². The Hall–Kier alpha value is -2.47. The number of thioether (sulfide) groups is 1. The predicted octanol–water partition coefficient (Wildman–Crippen LogP) is 4.61. The lowest BCUT2D eigenvalue weighted by molar-refractivity contribution is -0.118. The van der Waals surface area contributed by atoms with Gasteiger partial charge in [-0.3, -0.25) is 4.79 Å². The Kier molecular flexibility index (Phi) is 6.98. The maximum Gasteiger partial charge on any atom is 0.230 e. The number of carbonyl (C=O) groups excluding carboxylic acids is 1. The molecule has 0 saturated carbocycles. The number of nitrogens with one attached hydrogen (secondary N) is 1. The Morgan fingerprint density at radius 1 is 1.07 bits per heavy atom. The van der Waals surface area contributed by atoms with Crippen LogP contribution >= 0.6 is 11.8 Å². The molecule has 3 rings (SSSR count). The van der Waals surface area contributed by atoms with Gasteiger partial charge in [-0.1, -0.05) is 49.9 Å². The molecule has 0 saturated heterocycles. The van der Waals surface area contributed by atoms with E-state index in [2.05, 4.69) is 19.2 Å². The van der Waals surface area contributed by atoms with E-state index in [4.69, 9.17) is 9.97 Å². The summed E-state index contributed by atoms with van der Waals surface area (Å²) in [5.41, 5.74) is 3.36. The van der Waals surface area contributed by atoms with Gasteiger partial charge < -0.3 is 5.32 Å². The van der Waals surface area contributed by atoms with Gasteiger partial charge in [-0.15, -0.1) is 0 Å².